The molecular weight excluding hydrogens is 216 g/mol. The van der Waals surface area contributed by atoms with E-state index >= 15 is 0 Å². The number of pyridine rings is 1. The molecule has 1 aromatic carbocycles. The number of rotatable bonds is 4. The summed E-state index contributed by atoms with van der Waals surface area (Å²) in [5.41, 5.74) is 7.40. The van der Waals surface area contributed by atoms with Gasteiger partial charge in [0.05, 0.1) is 0 Å². The van der Waals surface area contributed by atoms with Gasteiger partial charge in [0, 0.05) is 29.6 Å². The van der Waals surface area contributed by atoms with Gasteiger partial charge >= 0.3 is 0 Å². The van der Waals surface area contributed by atoms with Crippen LogP contribution in [0.1, 0.15) is 18.5 Å². The molecule has 2 rings (SSSR count). The largest absolute Gasteiger partial charge is 0.323 e. The second-order valence-corrected chi connectivity index (χ2v) is 5.03. The van der Waals surface area contributed by atoms with Crippen molar-refractivity contribution >= 4 is 22.5 Å². The third-order valence-electron chi connectivity index (χ3n) is 2.62. The minimum Gasteiger partial charge on any atom is -0.323 e. The molecule has 0 fully saturated rings. The van der Waals surface area contributed by atoms with E-state index in [-0.39, 0.29) is 6.04 Å². The Morgan fingerprint density at radius 2 is 2.25 bits per heavy atom. The Bertz CT molecular complexity index is 465. The molecule has 1 unspecified atom stereocenters. The quantitative estimate of drug-likeness (QED) is 0.880. The summed E-state index contributed by atoms with van der Waals surface area (Å²) in [6.07, 6.45) is 3.72. The van der Waals surface area contributed by atoms with Gasteiger partial charge in [-0.15, -0.1) is 0 Å². The highest BCUT2D eigenvalue weighted by Gasteiger charge is 2.09. The number of hydrogen-bond acceptors (Lipinski definition) is 3. The summed E-state index contributed by atoms with van der Waals surface area (Å²) in [5, 5.41) is 2.39. The average Bonchev–Trinajstić information content (AvgIpc) is 2.35. The van der Waals surface area contributed by atoms with E-state index in [1.165, 1.54) is 16.3 Å². The molecule has 2 N–H and O–H groups in total. The second kappa shape index (κ2) is 5.32. The molecule has 0 saturated carbocycles. The number of benzene rings is 1. The Morgan fingerprint density at radius 1 is 1.38 bits per heavy atom. The van der Waals surface area contributed by atoms with Gasteiger partial charge < -0.3 is 5.73 Å². The van der Waals surface area contributed by atoms with Crippen LogP contribution >= 0.6 is 11.8 Å². The van der Waals surface area contributed by atoms with Crippen LogP contribution in [0.25, 0.3) is 10.8 Å². The highest BCUT2D eigenvalue weighted by atomic mass is 32.2. The lowest BCUT2D eigenvalue weighted by molar-refractivity contribution is 0.840. The smallest absolute Gasteiger partial charge is 0.0393 e. The summed E-state index contributed by atoms with van der Waals surface area (Å²) in [6.45, 7) is 2.15. The molecule has 1 atom stereocenters. The molecule has 16 heavy (non-hydrogen) atoms. The van der Waals surface area contributed by atoms with Gasteiger partial charge in [0.25, 0.3) is 0 Å². The molecule has 0 amide bonds. The predicted octanol–water partition coefficient (Wildman–Crippen LogP) is 2.99. The van der Waals surface area contributed by atoms with Gasteiger partial charge in [-0.1, -0.05) is 25.1 Å². The first-order chi connectivity index (χ1) is 7.83. The van der Waals surface area contributed by atoms with Crippen LogP contribution in [0.15, 0.2) is 36.7 Å². The molecule has 0 aliphatic heterocycles. The van der Waals surface area contributed by atoms with E-state index in [0.29, 0.717) is 0 Å². The van der Waals surface area contributed by atoms with E-state index in [0.717, 1.165) is 11.5 Å². The Labute approximate surface area is 100 Å². The van der Waals surface area contributed by atoms with Crippen molar-refractivity contribution in [1.29, 1.82) is 0 Å². The number of nitrogens with two attached hydrogens (primary N) is 1. The van der Waals surface area contributed by atoms with Gasteiger partial charge in [0.15, 0.2) is 0 Å². The molecule has 2 nitrogen and oxygen atoms in total. The molecule has 0 aliphatic carbocycles. The van der Waals surface area contributed by atoms with Gasteiger partial charge in [-0.05, 0) is 22.8 Å². The van der Waals surface area contributed by atoms with Crippen molar-refractivity contribution in [1.82, 2.24) is 4.98 Å². The van der Waals surface area contributed by atoms with E-state index in [9.17, 15) is 0 Å². The van der Waals surface area contributed by atoms with Crippen LogP contribution in [0.3, 0.4) is 0 Å². The lowest BCUT2D eigenvalue weighted by atomic mass is 10.0. The molecule has 2 aromatic rings. The number of fused-ring (bicyclic) bond motifs is 1. The van der Waals surface area contributed by atoms with Crippen LogP contribution in [-0.4, -0.2) is 16.5 Å². The first kappa shape index (κ1) is 11.4. The van der Waals surface area contributed by atoms with Crippen molar-refractivity contribution in [2.75, 3.05) is 11.5 Å². The van der Waals surface area contributed by atoms with Crippen molar-refractivity contribution in [3.05, 3.63) is 42.2 Å². The molecule has 0 spiro atoms. The maximum Gasteiger partial charge on any atom is 0.0393 e. The fraction of sp³-hybridized carbons (Fsp3) is 0.308. The first-order valence-corrected chi connectivity index (χ1v) is 6.64. The minimum atomic E-state index is 0.0952. The van der Waals surface area contributed by atoms with Crippen LogP contribution in [-0.2, 0) is 0 Å². The third-order valence-corrected chi connectivity index (χ3v) is 3.62. The fourth-order valence-corrected chi connectivity index (χ4v) is 2.46. The van der Waals surface area contributed by atoms with E-state index in [2.05, 4.69) is 30.1 Å². The molecule has 0 aliphatic rings. The van der Waals surface area contributed by atoms with Crippen LogP contribution in [0, 0.1) is 0 Å². The number of aromatic nitrogens is 1. The van der Waals surface area contributed by atoms with Crippen LogP contribution in [0.5, 0.6) is 0 Å². The van der Waals surface area contributed by atoms with E-state index in [4.69, 9.17) is 5.73 Å². The third kappa shape index (κ3) is 2.36. The lowest BCUT2D eigenvalue weighted by Crippen LogP contribution is -2.13. The van der Waals surface area contributed by atoms with Crippen LogP contribution in [0.4, 0.5) is 0 Å². The highest BCUT2D eigenvalue weighted by molar-refractivity contribution is 7.99. The van der Waals surface area contributed by atoms with Gasteiger partial charge in [-0.2, -0.15) is 11.8 Å². The van der Waals surface area contributed by atoms with Gasteiger partial charge in [-0.3, -0.25) is 4.98 Å². The molecule has 0 bridgehead atoms. The molecule has 1 heterocycles. The standard InChI is InChI=1S/C13H16N2S/c1-2-16-9-13(14)11-5-3-4-10-6-7-15-8-12(10)11/h3-8,13H,2,9,14H2,1H3. The summed E-state index contributed by atoms with van der Waals surface area (Å²) in [5.74, 6) is 2.07. The summed E-state index contributed by atoms with van der Waals surface area (Å²) < 4.78 is 0. The Kier molecular flexibility index (Phi) is 3.80. The summed E-state index contributed by atoms with van der Waals surface area (Å²) in [6, 6.07) is 8.38. The Balaban J connectivity index is 2.36. The molecule has 0 saturated heterocycles. The summed E-state index contributed by atoms with van der Waals surface area (Å²) in [4.78, 5) is 4.17. The average molecular weight is 232 g/mol. The van der Waals surface area contributed by atoms with E-state index < -0.39 is 0 Å². The highest BCUT2D eigenvalue weighted by Crippen LogP contribution is 2.24. The monoisotopic (exact) mass is 232 g/mol. The predicted molar refractivity (Wildman–Crippen MR) is 71.7 cm³/mol. The molecular formula is C13H16N2S. The Hall–Kier alpha value is -1.06. The number of thioether (sulfide) groups is 1. The number of nitrogens with zero attached hydrogens (tertiary/aromatic N) is 1. The summed E-state index contributed by atoms with van der Waals surface area (Å²) >= 11 is 1.87. The zero-order valence-electron chi connectivity index (χ0n) is 9.39. The maximum absolute atomic E-state index is 6.20. The van der Waals surface area contributed by atoms with Crippen molar-refractivity contribution in [3.8, 4) is 0 Å². The SMILES string of the molecule is CCSCC(N)c1cccc2ccncc12. The molecule has 0 radical (unpaired) electrons. The zero-order chi connectivity index (χ0) is 11.4. The second-order valence-electron chi connectivity index (χ2n) is 3.71. The zero-order valence-corrected chi connectivity index (χ0v) is 10.2. The lowest BCUT2D eigenvalue weighted by Gasteiger charge is -2.13. The maximum atomic E-state index is 6.20. The van der Waals surface area contributed by atoms with E-state index in [1.54, 1.807) is 0 Å². The minimum absolute atomic E-state index is 0.0952. The van der Waals surface area contributed by atoms with Crippen molar-refractivity contribution in [2.24, 2.45) is 5.73 Å². The van der Waals surface area contributed by atoms with Crippen molar-refractivity contribution in [3.63, 3.8) is 0 Å². The van der Waals surface area contributed by atoms with Gasteiger partial charge in [0.2, 0.25) is 0 Å². The Morgan fingerprint density at radius 3 is 3.06 bits per heavy atom. The van der Waals surface area contributed by atoms with Crippen molar-refractivity contribution < 1.29 is 0 Å². The van der Waals surface area contributed by atoms with Crippen LogP contribution < -0.4 is 5.73 Å². The first-order valence-electron chi connectivity index (χ1n) is 5.49. The van der Waals surface area contributed by atoms with Gasteiger partial charge in [0.1, 0.15) is 0 Å². The summed E-state index contributed by atoms with van der Waals surface area (Å²) in [7, 11) is 0. The van der Waals surface area contributed by atoms with E-state index in [1.807, 2.05) is 30.2 Å². The van der Waals surface area contributed by atoms with Gasteiger partial charge in [-0.25, -0.2) is 0 Å². The molecule has 3 heteroatoms. The molecule has 84 valence electrons. The topological polar surface area (TPSA) is 38.9 Å². The normalized spacial score (nSPS) is 12.9. The number of hydrogen-bond donors (Lipinski definition) is 1. The van der Waals surface area contributed by atoms with Crippen LogP contribution in [0.2, 0.25) is 0 Å². The van der Waals surface area contributed by atoms with Crippen molar-refractivity contribution in [2.45, 2.75) is 13.0 Å². The fourth-order valence-electron chi connectivity index (χ4n) is 1.79. The molecule has 1 aromatic heterocycles.